The SMILES string of the molecule is Cc1ccc(C)c(NC2CCCCCC2O)c1. The molecule has 94 valence electrons. The van der Waals surface area contributed by atoms with Crippen LogP contribution in [-0.2, 0) is 0 Å². The number of aryl methyl sites for hydroxylation is 2. The number of aliphatic hydroxyl groups is 1. The fourth-order valence-electron chi connectivity index (χ4n) is 2.55. The van der Waals surface area contributed by atoms with Crippen molar-refractivity contribution in [3.8, 4) is 0 Å². The van der Waals surface area contributed by atoms with Gasteiger partial charge in [-0.1, -0.05) is 31.4 Å². The van der Waals surface area contributed by atoms with Gasteiger partial charge in [0.15, 0.2) is 0 Å². The minimum Gasteiger partial charge on any atom is -0.391 e. The Morgan fingerprint density at radius 1 is 1.12 bits per heavy atom. The van der Waals surface area contributed by atoms with E-state index >= 15 is 0 Å². The fraction of sp³-hybridized carbons (Fsp3) is 0.600. The molecule has 2 nitrogen and oxygen atoms in total. The lowest BCUT2D eigenvalue weighted by Crippen LogP contribution is -2.32. The van der Waals surface area contributed by atoms with E-state index in [2.05, 4.69) is 37.4 Å². The lowest BCUT2D eigenvalue weighted by Gasteiger charge is -2.24. The Labute approximate surface area is 104 Å². The van der Waals surface area contributed by atoms with Gasteiger partial charge >= 0.3 is 0 Å². The summed E-state index contributed by atoms with van der Waals surface area (Å²) >= 11 is 0. The van der Waals surface area contributed by atoms with E-state index in [1.165, 1.54) is 29.7 Å². The molecule has 0 spiro atoms. The number of hydrogen-bond acceptors (Lipinski definition) is 2. The summed E-state index contributed by atoms with van der Waals surface area (Å²) in [5.41, 5.74) is 3.70. The quantitative estimate of drug-likeness (QED) is 0.767. The predicted octanol–water partition coefficient (Wildman–Crippen LogP) is 3.41. The average molecular weight is 233 g/mol. The van der Waals surface area contributed by atoms with Crippen LogP contribution in [0.4, 0.5) is 5.69 Å². The molecule has 0 saturated heterocycles. The van der Waals surface area contributed by atoms with Gasteiger partial charge in [-0.15, -0.1) is 0 Å². The van der Waals surface area contributed by atoms with E-state index in [-0.39, 0.29) is 12.1 Å². The third-order valence-corrected chi connectivity index (χ3v) is 3.71. The van der Waals surface area contributed by atoms with Gasteiger partial charge in [-0.05, 0) is 43.9 Å². The summed E-state index contributed by atoms with van der Waals surface area (Å²) in [6.07, 6.45) is 5.45. The molecule has 0 bridgehead atoms. The highest BCUT2D eigenvalue weighted by Crippen LogP contribution is 2.24. The second-order valence-corrected chi connectivity index (χ2v) is 5.27. The molecule has 1 aliphatic rings. The normalized spacial score (nSPS) is 25.4. The van der Waals surface area contributed by atoms with Gasteiger partial charge in [0.25, 0.3) is 0 Å². The summed E-state index contributed by atoms with van der Waals surface area (Å²) < 4.78 is 0. The van der Waals surface area contributed by atoms with Crippen LogP contribution in [0.25, 0.3) is 0 Å². The molecule has 0 aliphatic heterocycles. The summed E-state index contributed by atoms with van der Waals surface area (Å²) in [6.45, 7) is 4.22. The molecule has 1 aromatic carbocycles. The number of benzene rings is 1. The van der Waals surface area contributed by atoms with Gasteiger partial charge in [0, 0.05) is 5.69 Å². The van der Waals surface area contributed by atoms with E-state index in [0.29, 0.717) is 0 Å². The van der Waals surface area contributed by atoms with E-state index in [4.69, 9.17) is 0 Å². The summed E-state index contributed by atoms with van der Waals surface area (Å²) in [5.74, 6) is 0. The van der Waals surface area contributed by atoms with E-state index in [9.17, 15) is 5.11 Å². The van der Waals surface area contributed by atoms with Gasteiger partial charge in [-0.2, -0.15) is 0 Å². The first-order valence-corrected chi connectivity index (χ1v) is 6.68. The summed E-state index contributed by atoms with van der Waals surface area (Å²) in [5, 5.41) is 13.6. The molecular weight excluding hydrogens is 210 g/mol. The zero-order valence-electron chi connectivity index (χ0n) is 10.9. The van der Waals surface area contributed by atoms with Crippen molar-refractivity contribution in [3.63, 3.8) is 0 Å². The zero-order chi connectivity index (χ0) is 12.3. The van der Waals surface area contributed by atoms with Crippen LogP contribution in [0.2, 0.25) is 0 Å². The van der Waals surface area contributed by atoms with Crippen LogP contribution in [0.5, 0.6) is 0 Å². The molecule has 0 heterocycles. The number of aliphatic hydroxyl groups excluding tert-OH is 1. The maximum absolute atomic E-state index is 10.1. The van der Waals surface area contributed by atoms with Crippen molar-refractivity contribution in [2.75, 3.05) is 5.32 Å². The van der Waals surface area contributed by atoms with Gasteiger partial charge in [0.1, 0.15) is 0 Å². The maximum Gasteiger partial charge on any atom is 0.0741 e. The highest BCUT2D eigenvalue weighted by molar-refractivity contribution is 5.53. The Balaban J connectivity index is 2.10. The van der Waals surface area contributed by atoms with Crippen LogP contribution in [0.15, 0.2) is 18.2 Å². The van der Waals surface area contributed by atoms with E-state index in [1.54, 1.807) is 0 Å². The van der Waals surface area contributed by atoms with Crippen molar-refractivity contribution < 1.29 is 5.11 Å². The largest absolute Gasteiger partial charge is 0.391 e. The van der Waals surface area contributed by atoms with E-state index < -0.39 is 0 Å². The molecule has 0 radical (unpaired) electrons. The van der Waals surface area contributed by atoms with Crippen molar-refractivity contribution >= 4 is 5.69 Å². The first kappa shape index (κ1) is 12.4. The van der Waals surface area contributed by atoms with Crippen LogP contribution in [-0.4, -0.2) is 17.3 Å². The van der Waals surface area contributed by atoms with Gasteiger partial charge < -0.3 is 10.4 Å². The Bertz CT molecular complexity index is 375. The van der Waals surface area contributed by atoms with Crippen molar-refractivity contribution in [1.29, 1.82) is 0 Å². The maximum atomic E-state index is 10.1. The Morgan fingerprint density at radius 3 is 2.71 bits per heavy atom. The molecule has 0 amide bonds. The smallest absolute Gasteiger partial charge is 0.0741 e. The second-order valence-electron chi connectivity index (χ2n) is 5.27. The molecule has 2 N–H and O–H groups in total. The first-order valence-electron chi connectivity index (χ1n) is 6.68. The van der Waals surface area contributed by atoms with Gasteiger partial charge in [-0.3, -0.25) is 0 Å². The first-order chi connectivity index (χ1) is 8.16. The van der Waals surface area contributed by atoms with Crippen LogP contribution in [0, 0.1) is 13.8 Å². The highest BCUT2D eigenvalue weighted by atomic mass is 16.3. The third-order valence-electron chi connectivity index (χ3n) is 3.71. The summed E-state index contributed by atoms with van der Waals surface area (Å²) in [4.78, 5) is 0. The van der Waals surface area contributed by atoms with Crippen molar-refractivity contribution in [3.05, 3.63) is 29.3 Å². The van der Waals surface area contributed by atoms with E-state index in [1.807, 2.05) is 0 Å². The molecule has 2 heteroatoms. The highest BCUT2D eigenvalue weighted by Gasteiger charge is 2.21. The van der Waals surface area contributed by atoms with Crippen molar-refractivity contribution in [2.24, 2.45) is 0 Å². The standard InChI is InChI=1S/C15H23NO/c1-11-8-9-12(2)14(10-11)16-13-6-4-3-5-7-15(13)17/h8-10,13,15-17H,3-7H2,1-2H3. The van der Waals surface area contributed by atoms with Crippen LogP contribution >= 0.6 is 0 Å². The lowest BCUT2D eigenvalue weighted by molar-refractivity contribution is 0.144. The topological polar surface area (TPSA) is 32.3 Å². The Hall–Kier alpha value is -1.02. The summed E-state index contributed by atoms with van der Waals surface area (Å²) in [6, 6.07) is 6.66. The van der Waals surface area contributed by atoms with Gasteiger partial charge in [0.2, 0.25) is 0 Å². The minimum absolute atomic E-state index is 0.197. The molecular formula is C15H23NO. The van der Waals surface area contributed by atoms with Crippen LogP contribution < -0.4 is 5.32 Å². The predicted molar refractivity (Wildman–Crippen MR) is 72.4 cm³/mol. The molecule has 1 aliphatic carbocycles. The average Bonchev–Trinajstić information content (AvgIpc) is 2.50. The minimum atomic E-state index is -0.197. The van der Waals surface area contributed by atoms with Crippen molar-refractivity contribution in [2.45, 2.75) is 58.1 Å². The molecule has 2 atom stereocenters. The monoisotopic (exact) mass is 233 g/mol. The molecule has 1 aromatic rings. The zero-order valence-corrected chi connectivity index (χ0v) is 10.9. The van der Waals surface area contributed by atoms with E-state index in [0.717, 1.165) is 19.3 Å². The van der Waals surface area contributed by atoms with Gasteiger partial charge in [0.05, 0.1) is 12.1 Å². The number of anilines is 1. The fourth-order valence-corrected chi connectivity index (χ4v) is 2.55. The molecule has 1 fully saturated rings. The van der Waals surface area contributed by atoms with Crippen LogP contribution in [0.1, 0.15) is 43.2 Å². The second kappa shape index (κ2) is 5.54. The van der Waals surface area contributed by atoms with Crippen molar-refractivity contribution in [1.82, 2.24) is 0 Å². The Kier molecular flexibility index (Phi) is 4.06. The third kappa shape index (κ3) is 3.22. The number of nitrogens with one attached hydrogen (secondary N) is 1. The molecule has 17 heavy (non-hydrogen) atoms. The summed E-state index contributed by atoms with van der Waals surface area (Å²) in [7, 11) is 0. The molecule has 1 saturated carbocycles. The number of hydrogen-bond donors (Lipinski definition) is 2. The van der Waals surface area contributed by atoms with Gasteiger partial charge in [-0.25, -0.2) is 0 Å². The molecule has 2 rings (SSSR count). The Morgan fingerprint density at radius 2 is 1.88 bits per heavy atom. The number of rotatable bonds is 2. The lowest BCUT2D eigenvalue weighted by atomic mass is 10.0. The molecule has 0 aromatic heterocycles. The molecule has 2 unspecified atom stereocenters. The van der Waals surface area contributed by atoms with Crippen LogP contribution in [0.3, 0.4) is 0 Å².